The molecule has 1 amide bonds. The first kappa shape index (κ1) is 84.4. The summed E-state index contributed by atoms with van der Waals surface area (Å²) in [5.41, 5.74) is 0. The highest BCUT2D eigenvalue weighted by atomic mass is 16.8. The molecule has 3 rings (SSSR count). The molecule has 0 aromatic carbocycles. The number of aliphatic hydroxyl groups is 11. The number of aliphatic hydroxyl groups excluding tert-OH is 11. The zero-order chi connectivity index (χ0) is 68.2. The molecule has 94 heavy (non-hydrogen) atoms. The number of ether oxygens (including phenoxy) is 6. The Morgan fingerprint density at radius 3 is 1.15 bits per heavy atom. The van der Waals surface area contributed by atoms with E-state index in [2.05, 4.69) is 141 Å². The lowest BCUT2D eigenvalue weighted by Gasteiger charge is -2.48. The number of carbonyl (C=O) groups excluding carboxylic acids is 1. The van der Waals surface area contributed by atoms with Crippen molar-refractivity contribution in [1.82, 2.24) is 5.32 Å². The van der Waals surface area contributed by atoms with E-state index in [0.29, 0.717) is 12.8 Å². The van der Waals surface area contributed by atoms with Crippen molar-refractivity contribution in [1.29, 1.82) is 0 Å². The van der Waals surface area contributed by atoms with Crippen molar-refractivity contribution in [2.75, 3.05) is 26.4 Å². The van der Waals surface area contributed by atoms with Crippen LogP contribution in [0.3, 0.4) is 0 Å². The number of carbonyl (C=O) groups is 1. The molecular formula is C75H125NO18. The summed E-state index contributed by atoms with van der Waals surface area (Å²) in [5, 5.41) is 120. The topological polar surface area (TPSA) is 307 Å². The third kappa shape index (κ3) is 36.1. The van der Waals surface area contributed by atoms with E-state index >= 15 is 0 Å². The van der Waals surface area contributed by atoms with E-state index in [1.165, 1.54) is 51.4 Å². The molecule has 0 aliphatic carbocycles. The van der Waals surface area contributed by atoms with Crippen LogP contribution in [0.1, 0.15) is 213 Å². The first-order valence-electron chi connectivity index (χ1n) is 35.8. The van der Waals surface area contributed by atoms with Gasteiger partial charge in [-0.15, -0.1) is 0 Å². The second-order valence-corrected chi connectivity index (χ2v) is 25.0. The zero-order valence-corrected chi connectivity index (χ0v) is 56.9. The molecular weight excluding hydrogens is 1200 g/mol. The Bertz CT molecular complexity index is 2180. The van der Waals surface area contributed by atoms with Crippen LogP contribution in [-0.2, 0) is 33.2 Å². The molecule has 0 saturated carbocycles. The second kappa shape index (κ2) is 55.1. The lowest BCUT2D eigenvalue weighted by Crippen LogP contribution is -2.66. The molecule has 3 fully saturated rings. The fraction of sp³-hybridized carbons (Fsp3) is 0.720. The predicted octanol–water partition coefficient (Wildman–Crippen LogP) is 9.99. The van der Waals surface area contributed by atoms with Gasteiger partial charge in [0.15, 0.2) is 18.9 Å². The van der Waals surface area contributed by atoms with Crippen molar-refractivity contribution in [2.45, 2.75) is 317 Å². The van der Waals surface area contributed by atoms with Crippen molar-refractivity contribution in [3.05, 3.63) is 122 Å². The van der Waals surface area contributed by atoms with E-state index in [1.54, 1.807) is 0 Å². The summed E-state index contributed by atoms with van der Waals surface area (Å²) < 4.78 is 34.3. The lowest BCUT2D eigenvalue weighted by atomic mass is 9.96. The van der Waals surface area contributed by atoms with Crippen LogP contribution in [0.15, 0.2) is 122 Å². The van der Waals surface area contributed by atoms with E-state index in [9.17, 15) is 61.0 Å². The number of amides is 1. The van der Waals surface area contributed by atoms with Gasteiger partial charge in [-0.05, 0) is 89.9 Å². The molecule has 12 N–H and O–H groups in total. The fourth-order valence-corrected chi connectivity index (χ4v) is 11.3. The predicted molar refractivity (Wildman–Crippen MR) is 369 cm³/mol. The van der Waals surface area contributed by atoms with Crippen LogP contribution in [0.2, 0.25) is 0 Å². The van der Waals surface area contributed by atoms with E-state index in [4.69, 9.17) is 28.4 Å². The molecule has 3 aliphatic rings. The molecule has 0 radical (unpaired) electrons. The Morgan fingerprint density at radius 1 is 0.394 bits per heavy atom. The summed E-state index contributed by atoms with van der Waals surface area (Å²) in [7, 11) is 0. The average Bonchev–Trinajstić information content (AvgIpc) is 0.788. The van der Waals surface area contributed by atoms with Crippen molar-refractivity contribution < 1.29 is 89.4 Å². The van der Waals surface area contributed by atoms with E-state index in [1.807, 2.05) is 0 Å². The van der Waals surface area contributed by atoms with Crippen molar-refractivity contribution in [2.24, 2.45) is 0 Å². The summed E-state index contributed by atoms with van der Waals surface area (Å²) in [5.74, 6) is -0.259. The fourth-order valence-electron chi connectivity index (χ4n) is 11.3. The van der Waals surface area contributed by atoms with Crippen molar-refractivity contribution in [3.63, 3.8) is 0 Å². The van der Waals surface area contributed by atoms with Gasteiger partial charge in [0.05, 0.1) is 38.6 Å². The van der Waals surface area contributed by atoms with Crippen LogP contribution in [0.4, 0.5) is 0 Å². The van der Waals surface area contributed by atoms with E-state index < -0.39 is 124 Å². The Labute approximate surface area is 563 Å². The van der Waals surface area contributed by atoms with Gasteiger partial charge in [0, 0.05) is 6.42 Å². The molecule has 0 spiro atoms. The number of hydrogen-bond donors (Lipinski definition) is 12. The molecule has 0 bridgehead atoms. The minimum atomic E-state index is -1.98. The number of nitrogens with one attached hydrogen (secondary N) is 1. The van der Waals surface area contributed by atoms with Gasteiger partial charge in [-0.3, -0.25) is 4.79 Å². The van der Waals surface area contributed by atoms with Crippen LogP contribution in [0.5, 0.6) is 0 Å². The highest BCUT2D eigenvalue weighted by Crippen LogP contribution is 2.33. The van der Waals surface area contributed by atoms with Crippen LogP contribution in [-0.4, -0.2) is 193 Å². The van der Waals surface area contributed by atoms with Crippen LogP contribution < -0.4 is 5.32 Å². The van der Waals surface area contributed by atoms with Crippen molar-refractivity contribution in [3.8, 4) is 0 Å². The standard InChI is InChI=1S/C75H125NO18/c1-3-5-7-9-11-13-15-16-17-18-19-20-21-22-23-24-25-26-27-28-29-30-31-32-33-34-35-36-37-38-39-40-41-42-43-45-47-49-51-53-63(81)76-58(59(80)52-50-48-46-44-14-12-10-8-6-4-2)57-89-73-69(87)66(84)71(61(55-78)91-73)94-75-70(88)67(85)72(62(56-79)92-75)93-74-68(86)65(83)64(82)60(54-77)90-74/h5,7,11,13,16-17,19-20,22-23,25-26,28-29,31-32,34-35,37-38,58-62,64-75,77-80,82-88H,3-4,6,8-10,12,14-15,18,21,24,27,30,33,36,39-57H2,1-2H3,(H,76,81)/b7-5-,13-11-,17-16-,20-19-,23-22-,26-25-,29-28-,32-31-,35-34-,38-37-. The average molecular weight is 1330 g/mol. The van der Waals surface area contributed by atoms with Gasteiger partial charge in [-0.2, -0.15) is 0 Å². The monoisotopic (exact) mass is 1330 g/mol. The highest BCUT2D eigenvalue weighted by molar-refractivity contribution is 5.76. The van der Waals surface area contributed by atoms with Crippen LogP contribution in [0.25, 0.3) is 0 Å². The second-order valence-electron chi connectivity index (χ2n) is 25.0. The van der Waals surface area contributed by atoms with E-state index in [0.717, 1.165) is 128 Å². The molecule has 538 valence electrons. The Kier molecular flexibility index (Phi) is 49.5. The van der Waals surface area contributed by atoms with Crippen molar-refractivity contribution >= 4 is 5.91 Å². The molecule has 19 nitrogen and oxygen atoms in total. The Balaban J connectivity index is 1.32. The van der Waals surface area contributed by atoms with Gasteiger partial charge < -0.3 is 89.9 Å². The molecule has 0 aromatic rings. The van der Waals surface area contributed by atoms with Gasteiger partial charge in [0.1, 0.15) is 73.2 Å². The summed E-state index contributed by atoms with van der Waals surface area (Å²) in [6.07, 6.45) is 48.8. The first-order chi connectivity index (χ1) is 45.8. The largest absolute Gasteiger partial charge is 0.394 e. The number of hydrogen-bond acceptors (Lipinski definition) is 18. The van der Waals surface area contributed by atoms with Gasteiger partial charge >= 0.3 is 0 Å². The quantitative estimate of drug-likeness (QED) is 0.0199. The lowest BCUT2D eigenvalue weighted by molar-refractivity contribution is -0.379. The minimum absolute atomic E-state index is 0.249. The first-order valence-corrected chi connectivity index (χ1v) is 35.8. The molecule has 17 atom stereocenters. The van der Waals surface area contributed by atoms with Crippen LogP contribution >= 0.6 is 0 Å². The van der Waals surface area contributed by atoms with Crippen LogP contribution in [0, 0.1) is 0 Å². The third-order valence-electron chi connectivity index (χ3n) is 17.1. The summed E-state index contributed by atoms with van der Waals surface area (Å²) >= 11 is 0. The zero-order valence-electron chi connectivity index (χ0n) is 56.9. The SMILES string of the molecule is CC/C=C\C/C=C\C/C=C\C/C=C\C/C=C\C/C=C\C/C=C\C/C=C\C/C=C\C/C=C\CCCCCCCCCCC(=O)NC(COC1OC(CO)C(OC2OC(CO)C(OC3OC(CO)C(O)C(O)C3O)C(O)C2O)C(O)C1O)C(O)CCCCCCCCCCCC. The minimum Gasteiger partial charge on any atom is -0.394 e. The molecule has 3 aliphatic heterocycles. The normalized spacial score (nSPS) is 28.1. The summed E-state index contributed by atoms with van der Waals surface area (Å²) in [4.78, 5) is 13.4. The Morgan fingerprint density at radius 2 is 0.734 bits per heavy atom. The molecule has 3 saturated heterocycles. The number of rotatable bonds is 53. The maximum Gasteiger partial charge on any atom is 0.220 e. The van der Waals surface area contributed by atoms with Gasteiger partial charge in [-0.1, -0.05) is 238 Å². The molecule has 3 heterocycles. The molecule has 0 aromatic heterocycles. The van der Waals surface area contributed by atoms with Gasteiger partial charge in [-0.25, -0.2) is 0 Å². The molecule has 19 heteroatoms. The Hall–Kier alpha value is -3.81. The smallest absolute Gasteiger partial charge is 0.220 e. The number of unbranched alkanes of at least 4 members (excludes halogenated alkanes) is 17. The van der Waals surface area contributed by atoms with Gasteiger partial charge in [0.25, 0.3) is 0 Å². The molecule has 17 unspecified atom stereocenters. The maximum atomic E-state index is 13.4. The highest BCUT2D eigenvalue weighted by Gasteiger charge is 2.53. The van der Waals surface area contributed by atoms with E-state index in [-0.39, 0.29) is 18.9 Å². The maximum absolute atomic E-state index is 13.4. The number of allylic oxidation sites excluding steroid dienone is 20. The summed E-state index contributed by atoms with van der Waals surface area (Å²) in [6.45, 7) is 1.63. The summed E-state index contributed by atoms with van der Waals surface area (Å²) in [6, 6.07) is -0.898. The third-order valence-corrected chi connectivity index (χ3v) is 17.1. The van der Waals surface area contributed by atoms with Gasteiger partial charge in [0.2, 0.25) is 5.91 Å².